The summed E-state index contributed by atoms with van der Waals surface area (Å²) in [5.74, 6) is 0.120. The number of aliphatic hydroxyl groups is 1. The van der Waals surface area contributed by atoms with Crippen molar-refractivity contribution in [2.75, 3.05) is 13.7 Å². The van der Waals surface area contributed by atoms with Gasteiger partial charge in [0.25, 0.3) is 0 Å². The SMILES string of the molecule is COC(C)C(=O)NCC1CCCC1O. The van der Waals surface area contributed by atoms with Crippen LogP contribution in [-0.4, -0.2) is 36.9 Å². The Bertz CT molecular complexity index is 196. The Balaban J connectivity index is 2.22. The molecule has 3 atom stereocenters. The molecule has 82 valence electrons. The van der Waals surface area contributed by atoms with E-state index in [2.05, 4.69) is 5.32 Å². The van der Waals surface area contributed by atoms with E-state index in [9.17, 15) is 9.90 Å². The van der Waals surface area contributed by atoms with Gasteiger partial charge in [0.2, 0.25) is 5.91 Å². The molecule has 1 fully saturated rings. The minimum atomic E-state index is -0.409. The third-order valence-corrected chi connectivity index (χ3v) is 2.88. The van der Waals surface area contributed by atoms with E-state index >= 15 is 0 Å². The lowest BCUT2D eigenvalue weighted by Gasteiger charge is -2.16. The van der Waals surface area contributed by atoms with Crippen LogP contribution in [0.25, 0.3) is 0 Å². The molecule has 0 aromatic carbocycles. The summed E-state index contributed by atoms with van der Waals surface area (Å²) in [5.41, 5.74) is 0. The van der Waals surface area contributed by atoms with Gasteiger partial charge < -0.3 is 15.2 Å². The van der Waals surface area contributed by atoms with Crippen molar-refractivity contribution < 1.29 is 14.6 Å². The van der Waals surface area contributed by atoms with Gasteiger partial charge in [0, 0.05) is 19.6 Å². The molecule has 0 heterocycles. The van der Waals surface area contributed by atoms with E-state index < -0.39 is 6.10 Å². The number of amides is 1. The van der Waals surface area contributed by atoms with E-state index in [0.717, 1.165) is 19.3 Å². The van der Waals surface area contributed by atoms with Crippen LogP contribution >= 0.6 is 0 Å². The van der Waals surface area contributed by atoms with Crippen LogP contribution in [-0.2, 0) is 9.53 Å². The zero-order chi connectivity index (χ0) is 10.6. The largest absolute Gasteiger partial charge is 0.393 e. The summed E-state index contributed by atoms with van der Waals surface area (Å²) in [7, 11) is 1.51. The Morgan fingerprint density at radius 3 is 2.86 bits per heavy atom. The number of hydrogen-bond acceptors (Lipinski definition) is 3. The Morgan fingerprint density at radius 2 is 2.36 bits per heavy atom. The predicted molar refractivity (Wildman–Crippen MR) is 52.8 cm³/mol. The monoisotopic (exact) mass is 201 g/mol. The topological polar surface area (TPSA) is 58.6 Å². The number of nitrogens with one attached hydrogen (secondary N) is 1. The second-order valence-corrected chi connectivity index (χ2v) is 3.88. The van der Waals surface area contributed by atoms with Crippen LogP contribution in [0, 0.1) is 5.92 Å². The maximum atomic E-state index is 11.3. The number of rotatable bonds is 4. The fourth-order valence-electron chi connectivity index (χ4n) is 1.74. The quantitative estimate of drug-likeness (QED) is 0.687. The summed E-state index contributed by atoms with van der Waals surface area (Å²) >= 11 is 0. The number of hydrogen-bond donors (Lipinski definition) is 2. The van der Waals surface area contributed by atoms with E-state index in [1.54, 1.807) is 6.92 Å². The van der Waals surface area contributed by atoms with Gasteiger partial charge >= 0.3 is 0 Å². The van der Waals surface area contributed by atoms with E-state index in [4.69, 9.17) is 4.74 Å². The van der Waals surface area contributed by atoms with Gasteiger partial charge in [-0.25, -0.2) is 0 Å². The van der Waals surface area contributed by atoms with Crippen LogP contribution < -0.4 is 5.32 Å². The highest BCUT2D eigenvalue weighted by Crippen LogP contribution is 2.24. The van der Waals surface area contributed by atoms with Crippen LogP contribution in [0.2, 0.25) is 0 Å². The van der Waals surface area contributed by atoms with E-state index in [1.165, 1.54) is 7.11 Å². The molecule has 4 nitrogen and oxygen atoms in total. The Kier molecular flexibility index (Phi) is 4.35. The lowest BCUT2D eigenvalue weighted by atomic mass is 10.1. The fraction of sp³-hybridized carbons (Fsp3) is 0.900. The molecule has 0 bridgehead atoms. The smallest absolute Gasteiger partial charge is 0.248 e. The van der Waals surface area contributed by atoms with Crippen molar-refractivity contribution in [1.82, 2.24) is 5.32 Å². The van der Waals surface area contributed by atoms with E-state index in [1.807, 2.05) is 0 Å². The lowest BCUT2D eigenvalue weighted by molar-refractivity contribution is -0.130. The zero-order valence-electron chi connectivity index (χ0n) is 8.82. The van der Waals surface area contributed by atoms with Gasteiger partial charge in [-0.05, 0) is 19.8 Å². The number of methoxy groups -OCH3 is 1. The third-order valence-electron chi connectivity index (χ3n) is 2.88. The standard InChI is InChI=1S/C10H19NO3/c1-7(14-2)10(13)11-6-8-4-3-5-9(8)12/h7-9,12H,3-6H2,1-2H3,(H,11,13). The van der Waals surface area contributed by atoms with Crippen molar-refractivity contribution in [3.8, 4) is 0 Å². The van der Waals surface area contributed by atoms with Crippen molar-refractivity contribution in [3.63, 3.8) is 0 Å². The Labute approximate surface area is 84.6 Å². The molecule has 1 saturated carbocycles. The third kappa shape index (κ3) is 2.96. The van der Waals surface area contributed by atoms with Gasteiger partial charge in [-0.3, -0.25) is 4.79 Å². The van der Waals surface area contributed by atoms with Gasteiger partial charge in [-0.2, -0.15) is 0 Å². The summed E-state index contributed by atoms with van der Waals surface area (Å²) in [6.45, 7) is 2.27. The van der Waals surface area contributed by atoms with Crippen LogP contribution in [0.3, 0.4) is 0 Å². The van der Waals surface area contributed by atoms with Crippen LogP contribution in [0.4, 0.5) is 0 Å². The van der Waals surface area contributed by atoms with Gasteiger partial charge in [0.1, 0.15) is 6.10 Å². The molecule has 2 N–H and O–H groups in total. The molecular weight excluding hydrogens is 182 g/mol. The molecule has 0 aromatic heterocycles. The van der Waals surface area contributed by atoms with Crippen LogP contribution in [0.1, 0.15) is 26.2 Å². The molecule has 1 rings (SSSR count). The number of aliphatic hydroxyl groups excluding tert-OH is 1. The Hall–Kier alpha value is -0.610. The fourth-order valence-corrected chi connectivity index (χ4v) is 1.74. The van der Waals surface area contributed by atoms with E-state index in [0.29, 0.717) is 6.54 Å². The van der Waals surface area contributed by atoms with E-state index in [-0.39, 0.29) is 17.9 Å². The summed E-state index contributed by atoms with van der Waals surface area (Å²) in [6.07, 6.45) is 2.27. The summed E-state index contributed by atoms with van der Waals surface area (Å²) in [6, 6.07) is 0. The highest BCUT2D eigenvalue weighted by Gasteiger charge is 2.25. The van der Waals surface area contributed by atoms with Gasteiger partial charge in [-0.1, -0.05) is 6.42 Å². The molecule has 3 unspecified atom stereocenters. The maximum Gasteiger partial charge on any atom is 0.248 e. The summed E-state index contributed by atoms with van der Waals surface area (Å²) < 4.78 is 4.88. The highest BCUT2D eigenvalue weighted by atomic mass is 16.5. The lowest BCUT2D eigenvalue weighted by Crippen LogP contribution is -2.38. The molecule has 0 aliphatic heterocycles. The molecule has 1 amide bonds. The summed E-state index contributed by atoms with van der Waals surface area (Å²) in [4.78, 5) is 11.3. The molecule has 0 aromatic rings. The molecule has 1 aliphatic carbocycles. The van der Waals surface area contributed by atoms with Crippen molar-refractivity contribution in [1.29, 1.82) is 0 Å². The number of carbonyl (C=O) groups is 1. The van der Waals surface area contributed by atoms with Crippen LogP contribution in [0.5, 0.6) is 0 Å². The molecule has 0 radical (unpaired) electrons. The average molecular weight is 201 g/mol. The molecule has 0 saturated heterocycles. The van der Waals surface area contributed by atoms with Crippen molar-refractivity contribution in [2.24, 2.45) is 5.92 Å². The minimum absolute atomic E-state index is 0.105. The number of ether oxygens (including phenoxy) is 1. The minimum Gasteiger partial charge on any atom is -0.393 e. The summed E-state index contributed by atoms with van der Waals surface area (Å²) in [5, 5.41) is 12.3. The van der Waals surface area contributed by atoms with Crippen LogP contribution in [0.15, 0.2) is 0 Å². The molecular formula is C10H19NO3. The van der Waals surface area contributed by atoms with Gasteiger partial charge in [-0.15, -0.1) is 0 Å². The molecule has 4 heteroatoms. The second kappa shape index (κ2) is 5.32. The first-order valence-corrected chi connectivity index (χ1v) is 5.13. The first-order valence-electron chi connectivity index (χ1n) is 5.13. The highest BCUT2D eigenvalue weighted by molar-refractivity contribution is 5.80. The maximum absolute atomic E-state index is 11.3. The number of carbonyl (C=O) groups excluding carboxylic acids is 1. The molecule has 1 aliphatic rings. The predicted octanol–water partition coefficient (Wildman–Crippen LogP) is 0.298. The average Bonchev–Trinajstić information content (AvgIpc) is 2.59. The normalized spacial score (nSPS) is 28.8. The first-order chi connectivity index (χ1) is 6.65. The Morgan fingerprint density at radius 1 is 1.64 bits per heavy atom. The van der Waals surface area contributed by atoms with Crippen molar-refractivity contribution in [2.45, 2.75) is 38.4 Å². The molecule has 0 spiro atoms. The zero-order valence-corrected chi connectivity index (χ0v) is 8.82. The molecule has 14 heavy (non-hydrogen) atoms. The van der Waals surface area contributed by atoms with Gasteiger partial charge in [0.05, 0.1) is 6.10 Å². The first kappa shape index (κ1) is 11.5. The van der Waals surface area contributed by atoms with Crippen molar-refractivity contribution >= 4 is 5.91 Å². The van der Waals surface area contributed by atoms with Crippen molar-refractivity contribution in [3.05, 3.63) is 0 Å². The second-order valence-electron chi connectivity index (χ2n) is 3.88. The van der Waals surface area contributed by atoms with Gasteiger partial charge in [0.15, 0.2) is 0 Å².